The Hall–Kier alpha value is -4.85. The summed E-state index contributed by atoms with van der Waals surface area (Å²) in [6.45, 7) is 3.98. The lowest BCUT2D eigenvalue weighted by Crippen LogP contribution is -2.37. The van der Waals surface area contributed by atoms with Crippen LogP contribution in [0.3, 0.4) is 0 Å². The number of carbonyl (C=O) groups excluding carboxylic acids is 1. The highest BCUT2D eigenvalue weighted by molar-refractivity contribution is 6.04. The van der Waals surface area contributed by atoms with E-state index >= 15 is 0 Å². The van der Waals surface area contributed by atoms with E-state index in [4.69, 9.17) is 13.9 Å². The molecule has 8 heteroatoms. The van der Waals surface area contributed by atoms with Crippen LogP contribution in [0.4, 0.5) is 0 Å². The van der Waals surface area contributed by atoms with E-state index in [1.54, 1.807) is 38.3 Å². The van der Waals surface area contributed by atoms with Crippen molar-refractivity contribution in [2.45, 2.75) is 32.7 Å². The number of nitrogens with zero attached hydrogens (tertiary/aromatic N) is 1. The van der Waals surface area contributed by atoms with E-state index < -0.39 is 12.0 Å². The van der Waals surface area contributed by atoms with Crippen molar-refractivity contribution in [2.24, 2.45) is 0 Å². The van der Waals surface area contributed by atoms with Gasteiger partial charge >= 0.3 is 5.97 Å². The van der Waals surface area contributed by atoms with Crippen LogP contribution in [0.1, 0.15) is 34.3 Å². The van der Waals surface area contributed by atoms with Crippen LogP contribution < -0.4 is 14.8 Å². The average Bonchev–Trinajstić information content (AvgIpc) is 3.34. The molecule has 0 amide bonds. The van der Waals surface area contributed by atoms with Crippen LogP contribution in [0.25, 0.3) is 11.5 Å². The predicted molar refractivity (Wildman–Crippen MR) is 152 cm³/mol. The number of aliphatic carboxylic acids is 1. The predicted octanol–water partition coefficient (Wildman–Crippen LogP) is 5.65. The highest BCUT2D eigenvalue weighted by Crippen LogP contribution is 2.24. The van der Waals surface area contributed by atoms with Gasteiger partial charge in [-0.15, -0.1) is 0 Å². The van der Waals surface area contributed by atoms with Crippen LogP contribution in [0.15, 0.2) is 95.1 Å². The Kier molecular flexibility index (Phi) is 9.35. The molecule has 1 unspecified atom stereocenters. The van der Waals surface area contributed by atoms with Crippen molar-refractivity contribution < 1.29 is 28.6 Å². The largest absolute Gasteiger partial charge is 0.497 e. The first-order chi connectivity index (χ1) is 19.3. The Bertz CT molecular complexity index is 1460. The summed E-state index contributed by atoms with van der Waals surface area (Å²) in [5, 5.41) is 12.7. The molecule has 1 heterocycles. The number of carboxylic acid groups (broad SMARTS) is 1. The van der Waals surface area contributed by atoms with Gasteiger partial charge in [0.15, 0.2) is 5.78 Å². The van der Waals surface area contributed by atoms with Crippen LogP contribution in [-0.2, 0) is 17.6 Å². The van der Waals surface area contributed by atoms with Gasteiger partial charge in [0.1, 0.15) is 23.3 Å². The van der Waals surface area contributed by atoms with E-state index in [2.05, 4.69) is 10.3 Å². The van der Waals surface area contributed by atoms with Crippen LogP contribution in [0.5, 0.6) is 11.5 Å². The number of benzene rings is 3. The van der Waals surface area contributed by atoms with Gasteiger partial charge in [0.25, 0.3) is 0 Å². The molecule has 0 aliphatic rings. The lowest BCUT2D eigenvalue weighted by Gasteiger charge is -2.16. The number of rotatable bonds is 13. The van der Waals surface area contributed by atoms with Gasteiger partial charge in [0.05, 0.1) is 19.4 Å². The van der Waals surface area contributed by atoms with Crippen molar-refractivity contribution in [3.63, 3.8) is 0 Å². The molecular formula is C32H32N2O6. The van der Waals surface area contributed by atoms with E-state index in [1.807, 2.05) is 61.5 Å². The number of allylic oxidation sites excluding steroid dienone is 2. The highest BCUT2D eigenvalue weighted by atomic mass is 16.5. The Morgan fingerprint density at radius 1 is 1.00 bits per heavy atom. The second-order valence-electron chi connectivity index (χ2n) is 9.29. The lowest BCUT2D eigenvalue weighted by atomic mass is 10.1. The van der Waals surface area contributed by atoms with Crippen LogP contribution in [0.2, 0.25) is 0 Å². The normalized spacial score (nSPS) is 12.0. The molecule has 0 fully saturated rings. The molecule has 0 radical (unpaired) electrons. The second-order valence-corrected chi connectivity index (χ2v) is 9.29. The SMILES string of the molecule is COc1ccc(-c2nc(CCOc3ccc(CC(N/C(C)=C\C(=O)c4ccccc4)C(=O)O)cc3)c(C)o2)cc1. The van der Waals surface area contributed by atoms with E-state index in [0.29, 0.717) is 35.9 Å². The molecule has 0 bridgehead atoms. The molecule has 1 atom stereocenters. The number of oxazole rings is 1. The fourth-order valence-corrected chi connectivity index (χ4v) is 4.14. The van der Waals surface area contributed by atoms with Crippen molar-refractivity contribution in [3.8, 4) is 23.0 Å². The maximum Gasteiger partial charge on any atom is 0.326 e. The maximum absolute atomic E-state index is 12.4. The molecule has 4 rings (SSSR count). The number of aromatic nitrogens is 1. The van der Waals surface area contributed by atoms with Crippen LogP contribution in [0, 0.1) is 6.92 Å². The Morgan fingerprint density at radius 3 is 2.33 bits per heavy atom. The topological polar surface area (TPSA) is 111 Å². The standard InChI is InChI=1S/C32H32N2O6/c1-21(19-30(35)24-7-5-4-6-8-24)33-29(32(36)37)20-23-9-13-27(14-10-23)39-18-17-28-22(2)40-31(34-28)25-11-15-26(38-3)16-12-25/h4-16,19,29,33H,17-18,20H2,1-3H3,(H,36,37)/b21-19-. The zero-order valence-electron chi connectivity index (χ0n) is 22.7. The molecular weight excluding hydrogens is 508 g/mol. The smallest absolute Gasteiger partial charge is 0.326 e. The summed E-state index contributed by atoms with van der Waals surface area (Å²) in [5.41, 5.74) is 3.55. The van der Waals surface area contributed by atoms with Gasteiger partial charge in [-0.2, -0.15) is 0 Å². The number of hydrogen-bond donors (Lipinski definition) is 2. The van der Waals surface area contributed by atoms with Gasteiger partial charge in [-0.1, -0.05) is 42.5 Å². The van der Waals surface area contributed by atoms with Crippen molar-refractivity contribution in [1.82, 2.24) is 10.3 Å². The molecule has 0 aliphatic carbocycles. The van der Waals surface area contributed by atoms with Crippen LogP contribution in [-0.4, -0.2) is 41.6 Å². The number of carboxylic acids is 1. The number of ketones is 1. The molecule has 0 saturated carbocycles. The number of methoxy groups -OCH3 is 1. The second kappa shape index (κ2) is 13.3. The fourth-order valence-electron chi connectivity index (χ4n) is 4.14. The van der Waals surface area contributed by atoms with Crippen molar-refractivity contribution in [2.75, 3.05) is 13.7 Å². The number of carbonyl (C=O) groups is 2. The summed E-state index contributed by atoms with van der Waals surface area (Å²) in [7, 11) is 1.62. The molecule has 0 saturated heterocycles. The van der Waals surface area contributed by atoms with E-state index in [-0.39, 0.29) is 12.2 Å². The number of nitrogens with one attached hydrogen (secondary N) is 1. The third-order valence-corrected chi connectivity index (χ3v) is 6.31. The number of aryl methyl sites for hydroxylation is 1. The van der Waals surface area contributed by atoms with Gasteiger partial charge in [0, 0.05) is 35.7 Å². The quantitative estimate of drug-likeness (QED) is 0.165. The van der Waals surface area contributed by atoms with Crippen molar-refractivity contribution in [1.29, 1.82) is 0 Å². The molecule has 1 aromatic heterocycles. The molecule has 3 aromatic carbocycles. The average molecular weight is 541 g/mol. The zero-order valence-corrected chi connectivity index (χ0v) is 22.7. The summed E-state index contributed by atoms with van der Waals surface area (Å²) < 4.78 is 16.9. The van der Waals surface area contributed by atoms with Crippen LogP contribution >= 0.6 is 0 Å². The molecule has 0 aliphatic heterocycles. The Morgan fingerprint density at radius 2 is 1.68 bits per heavy atom. The molecule has 4 aromatic rings. The minimum absolute atomic E-state index is 0.186. The van der Waals surface area contributed by atoms with Gasteiger partial charge in [-0.05, 0) is 55.8 Å². The van der Waals surface area contributed by atoms with Gasteiger partial charge in [0.2, 0.25) is 5.89 Å². The monoisotopic (exact) mass is 540 g/mol. The first-order valence-corrected chi connectivity index (χ1v) is 12.9. The Labute approximate surface area is 233 Å². The summed E-state index contributed by atoms with van der Waals surface area (Å²) in [6, 6.07) is 22.8. The molecule has 0 spiro atoms. The van der Waals surface area contributed by atoms with Gasteiger partial charge in [-0.25, -0.2) is 9.78 Å². The minimum Gasteiger partial charge on any atom is -0.497 e. The van der Waals surface area contributed by atoms with E-state index in [9.17, 15) is 14.7 Å². The summed E-state index contributed by atoms with van der Waals surface area (Å²) in [6.07, 6.45) is 2.23. The maximum atomic E-state index is 12.4. The molecule has 8 nitrogen and oxygen atoms in total. The summed E-state index contributed by atoms with van der Waals surface area (Å²) >= 11 is 0. The molecule has 206 valence electrons. The Balaban J connectivity index is 1.30. The summed E-state index contributed by atoms with van der Waals surface area (Å²) in [5.74, 6) is 1.54. The third kappa shape index (κ3) is 7.60. The van der Waals surface area contributed by atoms with E-state index in [1.165, 1.54) is 6.08 Å². The molecule has 40 heavy (non-hydrogen) atoms. The van der Waals surface area contributed by atoms with Crippen molar-refractivity contribution >= 4 is 11.8 Å². The lowest BCUT2D eigenvalue weighted by molar-refractivity contribution is -0.139. The fraction of sp³-hybridized carbons (Fsp3) is 0.219. The summed E-state index contributed by atoms with van der Waals surface area (Å²) in [4.78, 5) is 28.9. The first kappa shape index (κ1) is 28.2. The highest BCUT2D eigenvalue weighted by Gasteiger charge is 2.18. The first-order valence-electron chi connectivity index (χ1n) is 12.9. The van der Waals surface area contributed by atoms with Gasteiger partial charge < -0.3 is 24.3 Å². The minimum atomic E-state index is -1.00. The number of hydrogen-bond acceptors (Lipinski definition) is 7. The zero-order chi connectivity index (χ0) is 28.5. The number of ether oxygens (including phenoxy) is 2. The van der Waals surface area contributed by atoms with E-state index in [0.717, 1.165) is 28.3 Å². The van der Waals surface area contributed by atoms with Crippen molar-refractivity contribution in [3.05, 3.63) is 113 Å². The third-order valence-electron chi connectivity index (χ3n) is 6.31. The molecule has 2 N–H and O–H groups in total. The van der Waals surface area contributed by atoms with Gasteiger partial charge in [-0.3, -0.25) is 4.79 Å².